The minimum atomic E-state index is -3.52. The molecule has 0 aromatic heterocycles. The van der Waals surface area contributed by atoms with Crippen molar-refractivity contribution in [2.75, 3.05) is 19.6 Å². The number of piperidine rings is 1. The van der Waals surface area contributed by atoms with Crippen LogP contribution >= 0.6 is 23.2 Å². The minimum Gasteiger partial charge on any atom is -0.312 e. The third-order valence-corrected chi connectivity index (χ3v) is 6.29. The van der Waals surface area contributed by atoms with Crippen LogP contribution in [-0.2, 0) is 10.0 Å². The molecular weight excluding hydrogens is 319 g/mol. The Kier molecular flexibility index (Phi) is 3.99. The van der Waals surface area contributed by atoms with Crippen molar-refractivity contribution in [3.05, 3.63) is 28.2 Å². The summed E-state index contributed by atoms with van der Waals surface area (Å²) in [6.45, 7) is 2.07. The number of rotatable bonds is 2. The summed E-state index contributed by atoms with van der Waals surface area (Å²) in [5, 5.41) is 4.08. The Balaban J connectivity index is 1.88. The number of fused-ring (bicyclic) bond motifs is 1. The van der Waals surface area contributed by atoms with Gasteiger partial charge in [-0.15, -0.1) is 0 Å². The zero-order valence-electron chi connectivity index (χ0n) is 10.9. The van der Waals surface area contributed by atoms with E-state index in [9.17, 15) is 8.42 Å². The van der Waals surface area contributed by atoms with Gasteiger partial charge in [0.15, 0.2) is 0 Å². The fraction of sp³-hybridized carbons (Fsp3) is 0.538. The van der Waals surface area contributed by atoms with Crippen molar-refractivity contribution in [2.45, 2.75) is 23.8 Å². The molecule has 1 N–H and O–H groups in total. The Morgan fingerprint density at radius 3 is 2.50 bits per heavy atom. The fourth-order valence-electron chi connectivity index (χ4n) is 3.03. The first-order chi connectivity index (χ1) is 9.46. The van der Waals surface area contributed by atoms with Gasteiger partial charge in [-0.05, 0) is 43.5 Å². The number of hydrogen-bond donors (Lipinski definition) is 1. The third kappa shape index (κ3) is 2.70. The van der Waals surface area contributed by atoms with Crippen LogP contribution in [0.1, 0.15) is 12.8 Å². The van der Waals surface area contributed by atoms with E-state index in [1.165, 1.54) is 18.2 Å². The number of nitrogens with zero attached hydrogens (tertiary/aromatic N) is 1. The second-order valence-corrected chi connectivity index (χ2v) is 8.20. The predicted molar refractivity (Wildman–Crippen MR) is 79.7 cm³/mol. The quantitative estimate of drug-likeness (QED) is 0.903. The molecule has 3 rings (SSSR count). The first kappa shape index (κ1) is 14.6. The molecule has 1 aromatic carbocycles. The molecule has 0 bridgehead atoms. The lowest BCUT2D eigenvalue weighted by Crippen LogP contribution is -2.41. The van der Waals surface area contributed by atoms with Crippen molar-refractivity contribution < 1.29 is 8.42 Å². The van der Waals surface area contributed by atoms with Gasteiger partial charge in [0.2, 0.25) is 10.0 Å². The predicted octanol–water partition coefficient (Wildman–Crippen LogP) is 2.37. The molecule has 7 heteroatoms. The number of benzene rings is 1. The molecule has 0 spiro atoms. The number of sulfonamides is 1. The summed E-state index contributed by atoms with van der Waals surface area (Å²) in [6.07, 6.45) is 2.19. The molecule has 2 aliphatic heterocycles. The Morgan fingerprint density at radius 1 is 1.15 bits per heavy atom. The van der Waals surface area contributed by atoms with Gasteiger partial charge in [-0.25, -0.2) is 8.42 Å². The van der Waals surface area contributed by atoms with Gasteiger partial charge in [0, 0.05) is 29.2 Å². The maximum absolute atomic E-state index is 12.7. The first-order valence-electron chi connectivity index (χ1n) is 6.66. The van der Waals surface area contributed by atoms with Gasteiger partial charge in [0.25, 0.3) is 0 Å². The SMILES string of the molecule is O=S(=O)(c1cc(Cl)cc(Cl)c1)N1C[C@@H]2CCCN[C@@H]2C1. The summed E-state index contributed by atoms with van der Waals surface area (Å²) in [5.74, 6) is 0.410. The Labute approximate surface area is 129 Å². The standard InChI is InChI=1S/C13H16Cl2N2O2S/c14-10-4-11(15)6-12(5-10)20(18,19)17-7-9-2-1-3-16-13(9)8-17/h4-6,9,13,16H,1-3,7-8H2/t9-,13+/m0/s1. The van der Waals surface area contributed by atoms with Crippen LogP contribution in [0.15, 0.2) is 23.1 Å². The van der Waals surface area contributed by atoms with E-state index < -0.39 is 10.0 Å². The summed E-state index contributed by atoms with van der Waals surface area (Å²) in [6, 6.07) is 4.72. The molecule has 110 valence electrons. The third-order valence-electron chi connectivity index (χ3n) is 4.04. The van der Waals surface area contributed by atoms with Crippen molar-refractivity contribution in [1.82, 2.24) is 9.62 Å². The van der Waals surface area contributed by atoms with E-state index in [0.717, 1.165) is 19.4 Å². The second-order valence-electron chi connectivity index (χ2n) is 5.39. The van der Waals surface area contributed by atoms with Crippen molar-refractivity contribution in [1.29, 1.82) is 0 Å². The monoisotopic (exact) mass is 334 g/mol. The highest BCUT2D eigenvalue weighted by atomic mass is 35.5. The van der Waals surface area contributed by atoms with Crippen LogP contribution in [0.2, 0.25) is 10.0 Å². The summed E-state index contributed by atoms with van der Waals surface area (Å²) >= 11 is 11.8. The van der Waals surface area contributed by atoms with Crippen molar-refractivity contribution >= 4 is 33.2 Å². The summed E-state index contributed by atoms with van der Waals surface area (Å²) in [5.41, 5.74) is 0. The Hall–Kier alpha value is -0.330. The average molecular weight is 335 g/mol. The number of hydrogen-bond acceptors (Lipinski definition) is 3. The highest BCUT2D eigenvalue weighted by molar-refractivity contribution is 7.89. The van der Waals surface area contributed by atoms with E-state index in [1.54, 1.807) is 4.31 Å². The maximum Gasteiger partial charge on any atom is 0.243 e. The smallest absolute Gasteiger partial charge is 0.243 e. The first-order valence-corrected chi connectivity index (χ1v) is 8.86. The van der Waals surface area contributed by atoms with Crippen LogP contribution in [0.5, 0.6) is 0 Å². The van der Waals surface area contributed by atoms with Gasteiger partial charge in [-0.3, -0.25) is 0 Å². The normalized spacial score (nSPS) is 27.5. The lowest BCUT2D eigenvalue weighted by atomic mass is 9.94. The van der Waals surface area contributed by atoms with Crippen molar-refractivity contribution in [3.63, 3.8) is 0 Å². The summed E-state index contributed by atoms with van der Waals surface area (Å²) in [7, 11) is -3.52. The molecule has 0 saturated carbocycles. The highest BCUT2D eigenvalue weighted by Crippen LogP contribution is 2.31. The summed E-state index contributed by atoms with van der Waals surface area (Å²) in [4.78, 5) is 0.175. The molecule has 0 radical (unpaired) electrons. The van der Waals surface area contributed by atoms with E-state index in [2.05, 4.69) is 5.32 Å². The molecule has 2 atom stereocenters. The van der Waals surface area contributed by atoms with E-state index >= 15 is 0 Å². The van der Waals surface area contributed by atoms with Crippen molar-refractivity contribution in [3.8, 4) is 0 Å². The molecule has 1 aromatic rings. The largest absolute Gasteiger partial charge is 0.312 e. The van der Waals surface area contributed by atoms with Gasteiger partial charge < -0.3 is 5.32 Å². The molecule has 2 saturated heterocycles. The fourth-order valence-corrected chi connectivity index (χ4v) is 5.28. The average Bonchev–Trinajstić information content (AvgIpc) is 2.82. The van der Waals surface area contributed by atoms with Gasteiger partial charge in [-0.2, -0.15) is 4.31 Å². The molecule has 2 fully saturated rings. The molecule has 0 aliphatic carbocycles. The minimum absolute atomic E-state index is 0.175. The molecular formula is C13H16Cl2N2O2S. The molecule has 2 aliphatic rings. The van der Waals surface area contributed by atoms with Gasteiger partial charge >= 0.3 is 0 Å². The van der Waals surface area contributed by atoms with E-state index in [4.69, 9.17) is 23.2 Å². The van der Waals surface area contributed by atoms with Gasteiger partial charge in [0.05, 0.1) is 4.90 Å². The summed E-state index contributed by atoms with van der Waals surface area (Å²) < 4.78 is 26.9. The zero-order valence-corrected chi connectivity index (χ0v) is 13.2. The maximum atomic E-state index is 12.7. The van der Waals surface area contributed by atoms with Crippen LogP contribution in [0.4, 0.5) is 0 Å². The number of nitrogens with one attached hydrogen (secondary N) is 1. The number of halogens is 2. The second kappa shape index (κ2) is 5.46. The van der Waals surface area contributed by atoms with Crippen LogP contribution in [0, 0.1) is 5.92 Å². The van der Waals surface area contributed by atoms with Crippen LogP contribution in [0.3, 0.4) is 0 Å². The topological polar surface area (TPSA) is 49.4 Å². The van der Waals surface area contributed by atoms with Crippen molar-refractivity contribution in [2.24, 2.45) is 5.92 Å². The molecule has 0 amide bonds. The highest BCUT2D eigenvalue weighted by Gasteiger charge is 2.40. The van der Waals surface area contributed by atoms with Gasteiger partial charge in [0.1, 0.15) is 0 Å². The van der Waals surface area contributed by atoms with E-state index in [-0.39, 0.29) is 10.9 Å². The van der Waals surface area contributed by atoms with Crippen LogP contribution < -0.4 is 5.32 Å². The van der Waals surface area contributed by atoms with Crippen LogP contribution in [-0.4, -0.2) is 38.4 Å². The molecule has 4 nitrogen and oxygen atoms in total. The zero-order chi connectivity index (χ0) is 14.3. The molecule has 0 unspecified atom stereocenters. The lowest BCUT2D eigenvalue weighted by molar-refractivity contribution is 0.339. The van der Waals surface area contributed by atoms with E-state index in [1.807, 2.05) is 0 Å². The molecule has 20 heavy (non-hydrogen) atoms. The van der Waals surface area contributed by atoms with Crippen LogP contribution in [0.25, 0.3) is 0 Å². The molecule has 2 heterocycles. The van der Waals surface area contributed by atoms with E-state index in [0.29, 0.717) is 29.1 Å². The van der Waals surface area contributed by atoms with Gasteiger partial charge in [-0.1, -0.05) is 23.2 Å². The lowest BCUT2D eigenvalue weighted by Gasteiger charge is -2.24. The Bertz CT molecular complexity index is 587. The Morgan fingerprint density at radius 2 is 1.85 bits per heavy atom.